The summed E-state index contributed by atoms with van der Waals surface area (Å²) in [6, 6.07) is -12.5. The molecule has 0 bridgehead atoms. The molecule has 0 atom stereocenters. The number of halogens is 12. The summed E-state index contributed by atoms with van der Waals surface area (Å²) < 4.78 is 151. The highest BCUT2D eigenvalue weighted by atomic mass is 19.4. The monoisotopic (exact) mass is 346 g/mol. The van der Waals surface area contributed by atoms with Crippen molar-refractivity contribution in [3.8, 4) is 0 Å². The summed E-state index contributed by atoms with van der Waals surface area (Å²) in [6.45, 7) is 0. The SMILES string of the molecule is CNC(F)(F)C(F)(F)C(F)(F)C(F)(F)C(F)(F)C(N)(F)F. The number of nitrogens with one attached hydrogen (secondary N) is 1. The first-order chi connectivity index (χ1) is 8.81. The highest BCUT2D eigenvalue weighted by Crippen LogP contribution is 2.58. The third kappa shape index (κ3) is 2.51. The molecule has 3 N–H and O–H groups in total. The summed E-state index contributed by atoms with van der Waals surface area (Å²) in [5, 5.41) is 0.190. The van der Waals surface area contributed by atoms with Crippen LogP contribution in [-0.2, 0) is 0 Å². The molecule has 0 fully saturated rings. The molecule has 21 heavy (non-hydrogen) atoms. The number of hydrogen-bond acceptors (Lipinski definition) is 2. The molecule has 0 aromatic carbocycles. The topological polar surface area (TPSA) is 38.0 Å². The lowest BCUT2D eigenvalue weighted by Crippen LogP contribution is -2.73. The minimum atomic E-state index is -7.60. The van der Waals surface area contributed by atoms with Crippen molar-refractivity contribution in [1.82, 2.24) is 5.32 Å². The summed E-state index contributed by atoms with van der Waals surface area (Å²) >= 11 is 0. The maximum Gasteiger partial charge on any atom is 0.392 e. The van der Waals surface area contributed by atoms with Gasteiger partial charge in [0.15, 0.2) is 0 Å². The maximum atomic E-state index is 12.8. The van der Waals surface area contributed by atoms with Crippen molar-refractivity contribution in [2.45, 2.75) is 35.8 Å². The summed E-state index contributed by atoms with van der Waals surface area (Å²) in [5.74, 6) is -29.6. The molecule has 0 amide bonds. The minimum Gasteiger partial charge on any atom is -0.267 e. The van der Waals surface area contributed by atoms with Crippen LogP contribution < -0.4 is 11.1 Å². The van der Waals surface area contributed by atoms with Crippen molar-refractivity contribution in [3.63, 3.8) is 0 Å². The lowest BCUT2D eigenvalue weighted by molar-refractivity contribution is -0.426. The Labute approximate surface area is 108 Å². The van der Waals surface area contributed by atoms with Crippen molar-refractivity contribution < 1.29 is 52.7 Å². The van der Waals surface area contributed by atoms with Gasteiger partial charge in [0.25, 0.3) is 0 Å². The average molecular weight is 346 g/mol. The van der Waals surface area contributed by atoms with Gasteiger partial charge < -0.3 is 0 Å². The van der Waals surface area contributed by atoms with E-state index in [0.29, 0.717) is 0 Å². The van der Waals surface area contributed by atoms with Gasteiger partial charge in [-0.3, -0.25) is 11.1 Å². The zero-order valence-corrected chi connectivity index (χ0v) is 9.61. The predicted octanol–water partition coefficient (Wildman–Crippen LogP) is 2.89. The van der Waals surface area contributed by atoms with Crippen molar-refractivity contribution in [2.75, 3.05) is 7.05 Å². The Morgan fingerprint density at radius 1 is 0.571 bits per heavy atom. The van der Waals surface area contributed by atoms with Crippen LogP contribution in [0.1, 0.15) is 0 Å². The molecular weight excluding hydrogens is 340 g/mol. The average Bonchev–Trinajstić information content (AvgIpc) is 2.26. The molecule has 0 saturated carbocycles. The molecule has 0 unspecified atom stereocenters. The summed E-state index contributed by atoms with van der Waals surface area (Å²) in [7, 11) is -0.0855. The second-order valence-corrected chi connectivity index (χ2v) is 3.74. The van der Waals surface area contributed by atoms with Gasteiger partial charge in [0, 0.05) is 0 Å². The van der Waals surface area contributed by atoms with Crippen LogP contribution in [0.5, 0.6) is 0 Å². The van der Waals surface area contributed by atoms with Crippen LogP contribution in [0.3, 0.4) is 0 Å². The van der Waals surface area contributed by atoms with Gasteiger partial charge in [-0.1, -0.05) is 0 Å². The van der Waals surface area contributed by atoms with Crippen LogP contribution in [0.4, 0.5) is 52.7 Å². The van der Waals surface area contributed by atoms with E-state index in [0.717, 1.165) is 0 Å². The smallest absolute Gasteiger partial charge is 0.267 e. The van der Waals surface area contributed by atoms with Gasteiger partial charge in [0.05, 0.1) is 0 Å². The van der Waals surface area contributed by atoms with E-state index in [1.54, 1.807) is 0 Å². The Morgan fingerprint density at radius 3 is 1.10 bits per heavy atom. The highest BCUT2D eigenvalue weighted by Gasteiger charge is 2.89. The van der Waals surface area contributed by atoms with Gasteiger partial charge in [-0.25, -0.2) is 0 Å². The third-order valence-electron chi connectivity index (χ3n) is 2.31. The van der Waals surface area contributed by atoms with Crippen molar-refractivity contribution in [1.29, 1.82) is 0 Å². The van der Waals surface area contributed by atoms with E-state index in [1.807, 2.05) is 0 Å². The van der Waals surface area contributed by atoms with E-state index < -0.39 is 35.8 Å². The first-order valence-electron chi connectivity index (χ1n) is 4.56. The molecule has 0 aliphatic rings. The second kappa shape index (κ2) is 4.79. The van der Waals surface area contributed by atoms with Crippen LogP contribution in [0.25, 0.3) is 0 Å². The predicted molar refractivity (Wildman–Crippen MR) is 42.9 cm³/mol. The maximum absolute atomic E-state index is 12.8. The largest absolute Gasteiger partial charge is 0.392 e. The molecule has 0 aromatic heterocycles. The van der Waals surface area contributed by atoms with Gasteiger partial charge in [-0.2, -0.15) is 52.7 Å². The Morgan fingerprint density at radius 2 is 0.857 bits per heavy atom. The van der Waals surface area contributed by atoms with E-state index in [2.05, 4.69) is 5.73 Å². The van der Waals surface area contributed by atoms with E-state index >= 15 is 0 Å². The first kappa shape index (κ1) is 20.1. The molecule has 0 heterocycles. The molecular formula is C7H6F12N2. The second-order valence-electron chi connectivity index (χ2n) is 3.74. The van der Waals surface area contributed by atoms with Gasteiger partial charge in [0.1, 0.15) is 0 Å². The highest BCUT2D eigenvalue weighted by molar-refractivity contribution is 5.10. The van der Waals surface area contributed by atoms with E-state index in [4.69, 9.17) is 0 Å². The summed E-state index contributed by atoms with van der Waals surface area (Å²) in [5.41, 5.74) is 3.24. The van der Waals surface area contributed by atoms with Crippen LogP contribution in [-0.4, -0.2) is 42.8 Å². The summed E-state index contributed by atoms with van der Waals surface area (Å²) in [4.78, 5) is 0. The van der Waals surface area contributed by atoms with E-state index in [1.165, 1.54) is 0 Å². The molecule has 0 saturated heterocycles. The number of nitrogens with two attached hydrogens (primary N) is 1. The van der Waals surface area contributed by atoms with Crippen molar-refractivity contribution in [3.05, 3.63) is 0 Å². The molecule has 0 aliphatic carbocycles. The minimum absolute atomic E-state index is 0.0855. The van der Waals surface area contributed by atoms with Gasteiger partial charge in [-0.15, -0.1) is 0 Å². The van der Waals surface area contributed by atoms with Crippen LogP contribution >= 0.6 is 0 Å². The Kier molecular flexibility index (Phi) is 4.58. The standard InChI is InChI=1S/C7H6F12N2/c1-21-7(18,19)5(14,15)3(10,11)2(8,9)4(12,13)6(16,17)20/h21H,20H2,1H3. The normalized spacial score (nSPS) is 16.3. The fourth-order valence-corrected chi connectivity index (χ4v) is 0.958. The van der Waals surface area contributed by atoms with Crippen molar-refractivity contribution in [2.24, 2.45) is 5.73 Å². The molecule has 0 aromatic rings. The molecule has 0 aliphatic heterocycles. The molecule has 128 valence electrons. The molecule has 0 spiro atoms. The van der Waals surface area contributed by atoms with Gasteiger partial charge in [0.2, 0.25) is 0 Å². The zero-order valence-electron chi connectivity index (χ0n) is 9.61. The Hall–Kier alpha value is -0.920. The lowest BCUT2D eigenvalue weighted by Gasteiger charge is -2.40. The lowest BCUT2D eigenvalue weighted by atomic mass is 9.96. The quantitative estimate of drug-likeness (QED) is 0.573. The fraction of sp³-hybridized carbons (Fsp3) is 1.00. The number of rotatable bonds is 6. The number of hydrogen-bond donors (Lipinski definition) is 2. The molecule has 0 radical (unpaired) electrons. The van der Waals surface area contributed by atoms with Crippen molar-refractivity contribution >= 4 is 0 Å². The van der Waals surface area contributed by atoms with Crippen LogP contribution in [0.2, 0.25) is 0 Å². The molecule has 14 heteroatoms. The van der Waals surface area contributed by atoms with Crippen LogP contribution in [0, 0.1) is 0 Å². The fourth-order valence-electron chi connectivity index (χ4n) is 0.958. The van der Waals surface area contributed by atoms with Gasteiger partial charge in [-0.05, 0) is 7.05 Å². The number of alkyl halides is 12. The first-order valence-corrected chi connectivity index (χ1v) is 4.56. The molecule has 0 rings (SSSR count). The summed E-state index contributed by atoms with van der Waals surface area (Å²) in [6.07, 6.45) is 0. The van der Waals surface area contributed by atoms with Crippen LogP contribution in [0.15, 0.2) is 0 Å². The van der Waals surface area contributed by atoms with E-state index in [9.17, 15) is 52.7 Å². The zero-order chi connectivity index (χ0) is 17.7. The molecule has 2 nitrogen and oxygen atoms in total. The third-order valence-corrected chi connectivity index (χ3v) is 2.31. The Bertz CT molecular complexity index is 384. The van der Waals surface area contributed by atoms with E-state index in [-0.39, 0.29) is 12.4 Å². The van der Waals surface area contributed by atoms with Gasteiger partial charge >= 0.3 is 35.8 Å². The Balaban J connectivity index is 6.14.